The maximum Gasteiger partial charge on any atom is 0.311 e. The molecule has 2 aromatic carbocycles. The van der Waals surface area contributed by atoms with E-state index in [2.05, 4.69) is 4.90 Å². The van der Waals surface area contributed by atoms with Crippen molar-refractivity contribution >= 4 is 22.5 Å². The molecule has 4 rings (SSSR count). The number of benzene rings is 2. The molecule has 0 aliphatic carbocycles. The topological polar surface area (TPSA) is 55.8 Å². The van der Waals surface area contributed by atoms with E-state index in [4.69, 9.17) is 9.47 Å². The van der Waals surface area contributed by atoms with Gasteiger partial charge in [-0.1, -0.05) is 17.7 Å². The summed E-state index contributed by atoms with van der Waals surface area (Å²) >= 11 is 0. The molecule has 142 valence electrons. The number of carbonyl (C=O) groups is 1. The maximum absolute atomic E-state index is 13.5. The molecule has 5 nitrogen and oxygen atoms in total. The van der Waals surface area contributed by atoms with Gasteiger partial charge in [0.2, 0.25) is 0 Å². The lowest BCUT2D eigenvalue weighted by Gasteiger charge is -2.30. The molecule has 27 heavy (non-hydrogen) atoms. The van der Waals surface area contributed by atoms with Crippen LogP contribution in [0.2, 0.25) is 0 Å². The number of aryl methyl sites for hydroxylation is 1. The van der Waals surface area contributed by atoms with E-state index in [0.717, 1.165) is 21.9 Å². The number of methoxy groups -OCH3 is 1. The van der Waals surface area contributed by atoms with Gasteiger partial charge in [0, 0.05) is 23.0 Å². The third-order valence-electron chi connectivity index (χ3n) is 5.52. The highest BCUT2D eigenvalue weighted by molar-refractivity contribution is 7.85. The van der Waals surface area contributed by atoms with Gasteiger partial charge in [-0.2, -0.15) is 0 Å². The van der Waals surface area contributed by atoms with Gasteiger partial charge in [-0.05, 0) is 50.2 Å². The van der Waals surface area contributed by atoms with Gasteiger partial charge < -0.3 is 14.4 Å². The lowest BCUT2D eigenvalue weighted by molar-refractivity contribution is -0.143. The Labute approximate surface area is 161 Å². The SMILES string of the molecule is COc1ccc(N2C[C@H]3C(=O)OC(C)[C@H]3C2S(=O)c2ccc(C)cc2)cc1. The molecule has 2 aromatic rings. The fourth-order valence-electron chi connectivity index (χ4n) is 4.08. The summed E-state index contributed by atoms with van der Waals surface area (Å²) < 4.78 is 24.2. The second-order valence-electron chi connectivity index (χ2n) is 7.18. The van der Waals surface area contributed by atoms with Crippen molar-refractivity contribution in [3.63, 3.8) is 0 Å². The van der Waals surface area contributed by atoms with Crippen molar-refractivity contribution in [1.29, 1.82) is 0 Å². The highest BCUT2D eigenvalue weighted by atomic mass is 32.2. The van der Waals surface area contributed by atoms with Crippen LogP contribution in [-0.2, 0) is 20.3 Å². The van der Waals surface area contributed by atoms with Crippen molar-refractivity contribution < 1.29 is 18.5 Å². The molecule has 0 saturated carbocycles. The molecule has 0 amide bonds. The summed E-state index contributed by atoms with van der Waals surface area (Å²) in [7, 11) is 0.339. The van der Waals surface area contributed by atoms with Crippen LogP contribution in [0.4, 0.5) is 5.69 Å². The Morgan fingerprint density at radius 1 is 1.11 bits per heavy atom. The highest BCUT2D eigenvalue weighted by Crippen LogP contribution is 2.44. The van der Waals surface area contributed by atoms with Crippen LogP contribution in [0, 0.1) is 18.8 Å². The third kappa shape index (κ3) is 3.12. The zero-order chi connectivity index (χ0) is 19.1. The molecule has 2 heterocycles. The zero-order valence-electron chi connectivity index (χ0n) is 15.6. The summed E-state index contributed by atoms with van der Waals surface area (Å²) in [5.41, 5.74) is 2.07. The van der Waals surface area contributed by atoms with E-state index < -0.39 is 10.8 Å². The predicted octanol–water partition coefficient (Wildman–Crippen LogP) is 3.14. The monoisotopic (exact) mass is 385 g/mol. The minimum absolute atomic E-state index is 0.0956. The smallest absolute Gasteiger partial charge is 0.311 e. The Balaban J connectivity index is 1.73. The first-order valence-electron chi connectivity index (χ1n) is 9.08. The first kappa shape index (κ1) is 18.0. The van der Waals surface area contributed by atoms with Crippen molar-refractivity contribution in [2.45, 2.75) is 30.2 Å². The van der Waals surface area contributed by atoms with Crippen LogP contribution in [0.15, 0.2) is 53.4 Å². The van der Waals surface area contributed by atoms with Crippen molar-refractivity contribution in [3.05, 3.63) is 54.1 Å². The van der Waals surface area contributed by atoms with Gasteiger partial charge in [0.1, 0.15) is 17.2 Å². The van der Waals surface area contributed by atoms with Crippen LogP contribution in [0.5, 0.6) is 5.75 Å². The Kier molecular flexibility index (Phi) is 4.68. The quantitative estimate of drug-likeness (QED) is 0.757. The number of hydrogen-bond acceptors (Lipinski definition) is 5. The van der Waals surface area contributed by atoms with Crippen LogP contribution in [0.25, 0.3) is 0 Å². The van der Waals surface area contributed by atoms with Crippen LogP contribution in [-0.4, -0.2) is 35.3 Å². The van der Waals surface area contributed by atoms with E-state index in [1.165, 1.54) is 0 Å². The Bertz CT molecular complexity index is 865. The highest BCUT2D eigenvalue weighted by Gasteiger charge is 2.56. The fourth-order valence-corrected chi connectivity index (χ4v) is 5.90. The molecular formula is C21H23NO4S. The van der Waals surface area contributed by atoms with E-state index in [0.29, 0.717) is 6.54 Å². The third-order valence-corrected chi connectivity index (χ3v) is 7.26. The number of nitrogens with zero attached hydrogens (tertiary/aromatic N) is 1. The summed E-state index contributed by atoms with van der Waals surface area (Å²) in [5, 5.41) is -0.312. The molecule has 5 atom stereocenters. The Morgan fingerprint density at radius 2 is 1.78 bits per heavy atom. The van der Waals surface area contributed by atoms with Crippen molar-refractivity contribution in [1.82, 2.24) is 0 Å². The maximum atomic E-state index is 13.5. The summed E-state index contributed by atoms with van der Waals surface area (Å²) in [6.45, 7) is 4.43. The minimum atomic E-state index is -1.29. The molecule has 6 heteroatoms. The van der Waals surface area contributed by atoms with Crippen molar-refractivity contribution in [2.75, 3.05) is 18.6 Å². The lowest BCUT2D eigenvalue weighted by atomic mass is 9.95. The second-order valence-corrected chi connectivity index (χ2v) is 8.73. The van der Waals surface area contributed by atoms with Gasteiger partial charge in [0.15, 0.2) is 0 Å². The van der Waals surface area contributed by atoms with Gasteiger partial charge in [0.25, 0.3) is 0 Å². The molecule has 0 N–H and O–H groups in total. The standard InChI is InChI=1S/C21H23NO4S/c1-13-4-10-17(11-5-13)27(24)20-19-14(2)26-21(23)18(19)12-22(20)15-6-8-16(25-3)9-7-15/h4-11,14,18-20H,12H2,1-3H3/t14?,18-,19-,20?,27?/m1/s1. The van der Waals surface area contributed by atoms with Crippen molar-refractivity contribution in [3.8, 4) is 5.75 Å². The molecule has 0 spiro atoms. The predicted molar refractivity (Wildman–Crippen MR) is 104 cm³/mol. The van der Waals surface area contributed by atoms with Gasteiger partial charge in [-0.3, -0.25) is 9.00 Å². The summed E-state index contributed by atoms with van der Waals surface area (Å²) in [4.78, 5) is 15.2. The number of carbonyl (C=O) groups excluding carboxylic acids is 1. The van der Waals surface area contributed by atoms with Crippen LogP contribution in [0.1, 0.15) is 12.5 Å². The Morgan fingerprint density at radius 3 is 2.41 bits per heavy atom. The summed E-state index contributed by atoms with van der Waals surface area (Å²) in [6.07, 6.45) is -0.245. The van der Waals surface area contributed by atoms with Crippen LogP contribution >= 0.6 is 0 Å². The number of anilines is 1. The van der Waals surface area contributed by atoms with Crippen LogP contribution in [0.3, 0.4) is 0 Å². The molecule has 2 saturated heterocycles. The average Bonchev–Trinajstić information content (AvgIpc) is 3.20. The van der Waals surface area contributed by atoms with E-state index in [9.17, 15) is 9.00 Å². The molecule has 2 aliphatic heterocycles. The molecule has 0 aromatic heterocycles. The van der Waals surface area contributed by atoms with E-state index in [1.807, 2.05) is 62.4 Å². The first-order valence-corrected chi connectivity index (χ1v) is 10.3. The normalized spacial score (nSPS) is 28.0. The molecule has 0 bridgehead atoms. The van der Waals surface area contributed by atoms with Crippen molar-refractivity contribution in [2.24, 2.45) is 11.8 Å². The molecule has 2 fully saturated rings. The molecule has 3 unspecified atom stereocenters. The van der Waals surface area contributed by atoms with E-state index >= 15 is 0 Å². The fraction of sp³-hybridized carbons (Fsp3) is 0.381. The van der Waals surface area contributed by atoms with E-state index in [-0.39, 0.29) is 29.3 Å². The number of rotatable bonds is 4. The number of hydrogen-bond donors (Lipinski definition) is 0. The second kappa shape index (κ2) is 7.00. The number of fused-ring (bicyclic) bond motifs is 1. The van der Waals surface area contributed by atoms with Gasteiger partial charge in [-0.15, -0.1) is 0 Å². The lowest BCUT2D eigenvalue weighted by Crippen LogP contribution is -2.39. The van der Waals surface area contributed by atoms with Gasteiger partial charge in [-0.25, -0.2) is 0 Å². The summed E-state index contributed by atoms with van der Waals surface area (Å²) in [5.74, 6) is 0.236. The largest absolute Gasteiger partial charge is 0.497 e. The van der Waals surface area contributed by atoms with E-state index in [1.54, 1.807) is 7.11 Å². The number of ether oxygens (including phenoxy) is 2. The minimum Gasteiger partial charge on any atom is -0.497 e. The number of esters is 1. The Hall–Kier alpha value is -2.34. The molecular weight excluding hydrogens is 362 g/mol. The first-order chi connectivity index (χ1) is 13.0. The summed E-state index contributed by atoms with van der Waals surface area (Å²) in [6, 6.07) is 15.4. The van der Waals surface area contributed by atoms with Crippen LogP contribution < -0.4 is 9.64 Å². The average molecular weight is 385 g/mol. The number of cyclic esters (lactones) is 1. The zero-order valence-corrected chi connectivity index (χ0v) is 16.4. The molecule has 0 radical (unpaired) electrons. The molecule has 2 aliphatic rings. The van der Waals surface area contributed by atoms with Gasteiger partial charge in [0.05, 0.1) is 23.8 Å². The van der Waals surface area contributed by atoms with Gasteiger partial charge >= 0.3 is 5.97 Å².